The summed E-state index contributed by atoms with van der Waals surface area (Å²) in [5.41, 5.74) is 0.953. The van der Waals surface area contributed by atoms with E-state index in [-0.39, 0.29) is 0 Å². The predicted octanol–water partition coefficient (Wildman–Crippen LogP) is 3.49. The van der Waals surface area contributed by atoms with Crippen molar-refractivity contribution in [3.05, 3.63) is 39.1 Å². The molecule has 0 bridgehead atoms. The molecule has 2 aromatic rings. The molecule has 0 saturated carbocycles. The maximum atomic E-state index is 5.81. The van der Waals surface area contributed by atoms with E-state index in [2.05, 4.69) is 27.6 Å². The molecular formula is C9H5ClIN. The van der Waals surface area contributed by atoms with Crippen molar-refractivity contribution in [2.24, 2.45) is 0 Å². The Kier molecular flexibility index (Phi) is 2.19. The first-order valence-corrected chi connectivity index (χ1v) is 4.94. The average molecular weight is 290 g/mol. The zero-order chi connectivity index (χ0) is 8.55. The first kappa shape index (κ1) is 8.26. The van der Waals surface area contributed by atoms with Crippen molar-refractivity contribution in [3.8, 4) is 0 Å². The summed E-state index contributed by atoms with van der Waals surface area (Å²) < 4.78 is 1.14. The lowest BCUT2D eigenvalue weighted by atomic mass is 10.2. The summed E-state index contributed by atoms with van der Waals surface area (Å²) in [4.78, 5) is 4.20. The molecule has 1 nitrogen and oxygen atoms in total. The highest BCUT2D eigenvalue weighted by Gasteiger charge is 1.99. The molecule has 0 unspecified atom stereocenters. The maximum Gasteiger partial charge on any atom is 0.130 e. The second-order valence-corrected chi connectivity index (χ2v) is 3.99. The van der Waals surface area contributed by atoms with E-state index in [1.165, 1.54) is 0 Å². The van der Waals surface area contributed by atoms with E-state index >= 15 is 0 Å². The summed E-state index contributed by atoms with van der Waals surface area (Å²) in [7, 11) is 0. The SMILES string of the molecule is Clc1cc(I)c2ccccc2n1. The lowest BCUT2D eigenvalue weighted by Crippen LogP contribution is -1.82. The minimum absolute atomic E-state index is 0.554. The van der Waals surface area contributed by atoms with Crippen LogP contribution in [0.3, 0.4) is 0 Å². The van der Waals surface area contributed by atoms with Crippen molar-refractivity contribution in [2.45, 2.75) is 0 Å². The molecule has 0 saturated heterocycles. The molecule has 0 fully saturated rings. The number of pyridine rings is 1. The van der Waals surface area contributed by atoms with Crippen LogP contribution < -0.4 is 0 Å². The van der Waals surface area contributed by atoms with Crippen molar-refractivity contribution in [1.82, 2.24) is 4.98 Å². The van der Waals surface area contributed by atoms with Gasteiger partial charge in [-0.15, -0.1) is 0 Å². The number of hydrogen-bond acceptors (Lipinski definition) is 1. The number of benzene rings is 1. The highest BCUT2D eigenvalue weighted by Crippen LogP contribution is 2.21. The second kappa shape index (κ2) is 3.18. The Morgan fingerprint density at radius 1 is 1.25 bits per heavy atom. The molecule has 12 heavy (non-hydrogen) atoms. The molecule has 0 radical (unpaired) electrons. The van der Waals surface area contributed by atoms with Gasteiger partial charge in [-0.05, 0) is 34.7 Å². The third kappa shape index (κ3) is 1.41. The van der Waals surface area contributed by atoms with Gasteiger partial charge in [0.15, 0.2) is 0 Å². The molecule has 2 rings (SSSR count). The number of halogens is 2. The van der Waals surface area contributed by atoms with E-state index in [1.807, 2.05) is 30.3 Å². The largest absolute Gasteiger partial charge is 0.236 e. The molecule has 0 amide bonds. The average Bonchev–Trinajstić information content (AvgIpc) is 2.04. The molecular weight excluding hydrogens is 284 g/mol. The molecule has 60 valence electrons. The maximum absolute atomic E-state index is 5.81. The van der Waals surface area contributed by atoms with E-state index in [1.54, 1.807) is 0 Å². The Labute approximate surface area is 88.9 Å². The van der Waals surface area contributed by atoms with Crippen LogP contribution in [-0.2, 0) is 0 Å². The highest BCUT2D eigenvalue weighted by atomic mass is 127. The van der Waals surface area contributed by atoms with Crippen molar-refractivity contribution in [2.75, 3.05) is 0 Å². The van der Waals surface area contributed by atoms with E-state index in [9.17, 15) is 0 Å². The lowest BCUT2D eigenvalue weighted by molar-refractivity contribution is 1.40. The van der Waals surface area contributed by atoms with Gasteiger partial charge in [0.1, 0.15) is 5.15 Å². The summed E-state index contributed by atoms with van der Waals surface area (Å²) in [6.45, 7) is 0. The van der Waals surface area contributed by atoms with Crippen LogP contribution in [0.25, 0.3) is 10.9 Å². The molecule has 1 aromatic carbocycles. The summed E-state index contributed by atoms with van der Waals surface area (Å²) in [6, 6.07) is 9.83. The number of rotatable bonds is 0. The lowest BCUT2D eigenvalue weighted by Gasteiger charge is -1.99. The normalized spacial score (nSPS) is 10.5. The number of fused-ring (bicyclic) bond motifs is 1. The van der Waals surface area contributed by atoms with Crippen LogP contribution in [0.1, 0.15) is 0 Å². The molecule has 0 spiro atoms. The van der Waals surface area contributed by atoms with Gasteiger partial charge in [-0.2, -0.15) is 0 Å². The monoisotopic (exact) mass is 289 g/mol. The topological polar surface area (TPSA) is 12.9 Å². The minimum atomic E-state index is 0.554. The van der Waals surface area contributed by atoms with Gasteiger partial charge in [0.25, 0.3) is 0 Å². The summed E-state index contributed by atoms with van der Waals surface area (Å²) in [5.74, 6) is 0. The Morgan fingerprint density at radius 2 is 2.00 bits per heavy atom. The van der Waals surface area contributed by atoms with Crippen molar-refractivity contribution in [3.63, 3.8) is 0 Å². The number of nitrogens with zero attached hydrogens (tertiary/aromatic N) is 1. The van der Waals surface area contributed by atoms with E-state index < -0.39 is 0 Å². The van der Waals surface area contributed by atoms with Gasteiger partial charge in [0.2, 0.25) is 0 Å². The van der Waals surface area contributed by atoms with Gasteiger partial charge < -0.3 is 0 Å². The zero-order valence-electron chi connectivity index (χ0n) is 6.09. The molecule has 0 atom stereocenters. The molecule has 0 aliphatic rings. The molecule has 1 heterocycles. The van der Waals surface area contributed by atoms with Gasteiger partial charge in [-0.1, -0.05) is 29.8 Å². The number of aromatic nitrogens is 1. The fourth-order valence-corrected chi connectivity index (χ4v) is 2.24. The second-order valence-electron chi connectivity index (χ2n) is 2.44. The van der Waals surface area contributed by atoms with E-state index in [0.29, 0.717) is 5.15 Å². The third-order valence-corrected chi connectivity index (χ3v) is 2.72. The quantitative estimate of drug-likeness (QED) is 0.534. The Balaban J connectivity index is 2.89. The van der Waals surface area contributed by atoms with Crippen LogP contribution in [-0.4, -0.2) is 4.98 Å². The molecule has 1 aromatic heterocycles. The van der Waals surface area contributed by atoms with Gasteiger partial charge in [-0.3, -0.25) is 0 Å². The third-order valence-electron chi connectivity index (χ3n) is 1.63. The van der Waals surface area contributed by atoms with Gasteiger partial charge in [0, 0.05) is 8.96 Å². The standard InChI is InChI=1S/C9H5ClIN/c10-9-5-7(11)6-3-1-2-4-8(6)12-9/h1-5H. The van der Waals surface area contributed by atoms with Crippen LogP contribution in [0.5, 0.6) is 0 Å². The Hall–Kier alpha value is -0.350. The highest BCUT2D eigenvalue weighted by molar-refractivity contribution is 14.1. The van der Waals surface area contributed by atoms with Crippen LogP contribution in [0.15, 0.2) is 30.3 Å². The number of para-hydroxylation sites is 1. The van der Waals surface area contributed by atoms with Crippen LogP contribution in [0, 0.1) is 3.57 Å². The van der Waals surface area contributed by atoms with Gasteiger partial charge >= 0.3 is 0 Å². The number of hydrogen-bond donors (Lipinski definition) is 0. The predicted molar refractivity (Wildman–Crippen MR) is 59.5 cm³/mol. The van der Waals surface area contributed by atoms with Crippen LogP contribution in [0.4, 0.5) is 0 Å². The Morgan fingerprint density at radius 3 is 2.83 bits per heavy atom. The fraction of sp³-hybridized carbons (Fsp3) is 0. The summed E-state index contributed by atoms with van der Waals surface area (Å²) in [6.07, 6.45) is 0. The summed E-state index contributed by atoms with van der Waals surface area (Å²) in [5, 5.41) is 1.71. The van der Waals surface area contributed by atoms with E-state index in [4.69, 9.17) is 11.6 Å². The molecule has 0 aliphatic heterocycles. The van der Waals surface area contributed by atoms with Crippen molar-refractivity contribution >= 4 is 45.1 Å². The van der Waals surface area contributed by atoms with Crippen molar-refractivity contribution in [1.29, 1.82) is 0 Å². The summed E-state index contributed by atoms with van der Waals surface area (Å²) >= 11 is 8.07. The minimum Gasteiger partial charge on any atom is -0.236 e. The first-order chi connectivity index (χ1) is 5.77. The van der Waals surface area contributed by atoms with Gasteiger partial charge in [-0.25, -0.2) is 4.98 Å². The fourth-order valence-electron chi connectivity index (χ4n) is 1.10. The molecule has 3 heteroatoms. The molecule has 0 aliphatic carbocycles. The van der Waals surface area contributed by atoms with E-state index in [0.717, 1.165) is 14.5 Å². The van der Waals surface area contributed by atoms with Crippen LogP contribution >= 0.6 is 34.2 Å². The zero-order valence-corrected chi connectivity index (χ0v) is 9.00. The molecule has 0 N–H and O–H groups in total. The van der Waals surface area contributed by atoms with Crippen molar-refractivity contribution < 1.29 is 0 Å². The van der Waals surface area contributed by atoms with Crippen LogP contribution in [0.2, 0.25) is 5.15 Å². The first-order valence-electron chi connectivity index (χ1n) is 3.48. The Bertz CT molecular complexity index is 428. The van der Waals surface area contributed by atoms with Gasteiger partial charge in [0.05, 0.1) is 5.52 Å². The smallest absolute Gasteiger partial charge is 0.130 e.